The summed E-state index contributed by atoms with van der Waals surface area (Å²) in [5.41, 5.74) is 0.584. The quantitative estimate of drug-likeness (QED) is 0.542. The number of para-hydroxylation sites is 1. The Morgan fingerprint density at radius 2 is 2.00 bits per heavy atom. The van der Waals surface area contributed by atoms with Crippen LogP contribution in [-0.4, -0.2) is 17.7 Å². The van der Waals surface area contributed by atoms with E-state index < -0.39 is 11.6 Å². The molecule has 0 aliphatic heterocycles. The minimum absolute atomic E-state index is 0.0166. The Kier molecular flexibility index (Phi) is 5.14. The number of fused-ring (bicyclic) bond motifs is 1. The van der Waals surface area contributed by atoms with Gasteiger partial charge in [0.2, 0.25) is 0 Å². The Morgan fingerprint density at radius 1 is 1.23 bits per heavy atom. The lowest BCUT2D eigenvalue weighted by Crippen LogP contribution is -2.15. The summed E-state index contributed by atoms with van der Waals surface area (Å²) < 4.78 is 15.6. The van der Waals surface area contributed by atoms with Crippen LogP contribution in [0.4, 0.5) is 0 Å². The number of phenols is 1. The Bertz CT molecular complexity index is 1020. The van der Waals surface area contributed by atoms with Crippen molar-refractivity contribution in [1.82, 2.24) is 0 Å². The van der Waals surface area contributed by atoms with Gasteiger partial charge in [0.05, 0.1) is 5.02 Å². The molecule has 0 spiro atoms. The van der Waals surface area contributed by atoms with Crippen LogP contribution in [0.5, 0.6) is 11.5 Å². The molecule has 0 saturated heterocycles. The second-order valence-electron chi connectivity index (χ2n) is 5.56. The van der Waals surface area contributed by atoms with Gasteiger partial charge in [0.25, 0.3) is 0 Å². The van der Waals surface area contributed by atoms with Gasteiger partial charge < -0.3 is 19.0 Å². The van der Waals surface area contributed by atoms with E-state index in [1.54, 1.807) is 37.3 Å². The lowest BCUT2D eigenvalue weighted by atomic mass is 10.1. The molecule has 134 valence electrons. The average molecular weight is 375 g/mol. The number of benzene rings is 2. The molecule has 3 rings (SSSR count). The summed E-state index contributed by atoms with van der Waals surface area (Å²) in [6.07, 6.45) is 0. The van der Waals surface area contributed by atoms with Crippen LogP contribution in [0.25, 0.3) is 11.0 Å². The summed E-state index contributed by atoms with van der Waals surface area (Å²) >= 11 is 5.95. The largest absolute Gasteiger partial charge is 0.508 e. The molecule has 1 N–H and O–H groups in total. The highest BCUT2D eigenvalue weighted by Crippen LogP contribution is 2.27. The number of aromatic hydroxyl groups is 1. The zero-order valence-corrected chi connectivity index (χ0v) is 14.6. The maximum atomic E-state index is 11.9. The zero-order valence-electron chi connectivity index (χ0n) is 13.8. The van der Waals surface area contributed by atoms with Gasteiger partial charge in [0, 0.05) is 22.6 Å². The third-order valence-corrected chi connectivity index (χ3v) is 4.10. The third-order valence-electron chi connectivity index (χ3n) is 3.79. The van der Waals surface area contributed by atoms with Gasteiger partial charge in [0.1, 0.15) is 23.7 Å². The molecular formula is C19H15ClO6. The summed E-state index contributed by atoms with van der Waals surface area (Å²) in [5, 5.41) is 10.7. The number of carbonyl (C=O) groups is 1. The number of aryl methyl sites for hydroxylation is 1. The molecular weight excluding hydrogens is 360 g/mol. The molecule has 2 aromatic carbocycles. The Hall–Kier alpha value is -2.99. The third kappa shape index (κ3) is 3.81. The van der Waals surface area contributed by atoms with Crippen molar-refractivity contribution in [3.63, 3.8) is 0 Å². The van der Waals surface area contributed by atoms with Gasteiger partial charge in [-0.1, -0.05) is 23.7 Å². The number of ether oxygens (including phenoxy) is 2. The molecule has 0 saturated carbocycles. The van der Waals surface area contributed by atoms with Gasteiger partial charge in [-0.05, 0) is 31.2 Å². The predicted octanol–water partition coefficient (Wildman–Crippen LogP) is 3.58. The van der Waals surface area contributed by atoms with Gasteiger partial charge in [-0.3, -0.25) is 0 Å². The second kappa shape index (κ2) is 7.49. The number of hydrogen-bond donors (Lipinski definition) is 1. The van der Waals surface area contributed by atoms with Gasteiger partial charge in [-0.2, -0.15) is 0 Å². The lowest BCUT2D eigenvalue weighted by Gasteiger charge is -2.10. The molecule has 3 aromatic rings. The van der Waals surface area contributed by atoms with E-state index in [1.165, 1.54) is 12.1 Å². The van der Waals surface area contributed by atoms with E-state index in [1.807, 2.05) is 0 Å². The minimum atomic E-state index is -0.609. The fraction of sp³-hybridized carbons (Fsp3) is 0.158. The van der Waals surface area contributed by atoms with E-state index in [-0.39, 0.29) is 24.5 Å². The van der Waals surface area contributed by atoms with Crippen molar-refractivity contribution in [2.24, 2.45) is 0 Å². The molecule has 0 fully saturated rings. The van der Waals surface area contributed by atoms with Crippen LogP contribution in [0.2, 0.25) is 5.02 Å². The van der Waals surface area contributed by atoms with E-state index in [0.717, 1.165) is 0 Å². The molecule has 0 amide bonds. The summed E-state index contributed by atoms with van der Waals surface area (Å²) in [7, 11) is 0. The van der Waals surface area contributed by atoms with Crippen molar-refractivity contribution >= 4 is 28.5 Å². The molecule has 1 heterocycles. The van der Waals surface area contributed by atoms with Crippen LogP contribution in [0, 0.1) is 6.92 Å². The summed E-state index contributed by atoms with van der Waals surface area (Å²) in [6, 6.07) is 11.1. The molecule has 0 unspecified atom stereocenters. The fourth-order valence-corrected chi connectivity index (χ4v) is 2.62. The maximum Gasteiger partial charge on any atom is 0.344 e. The minimum Gasteiger partial charge on any atom is -0.508 e. The highest BCUT2D eigenvalue weighted by Gasteiger charge is 2.13. The molecule has 6 nitrogen and oxygen atoms in total. The number of rotatable bonds is 5. The Morgan fingerprint density at radius 3 is 2.77 bits per heavy atom. The zero-order chi connectivity index (χ0) is 18.7. The smallest absolute Gasteiger partial charge is 0.344 e. The Labute approximate surface area is 153 Å². The molecule has 0 aliphatic rings. The van der Waals surface area contributed by atoms with Gasteiger partial charge >= 0.3 is 11.6 Å². The molecule has 0 bridgehead atoms. The van der Waals surface area contributed by atoms with Crippen molar-refractivity contribution in [2.75, 3.05) is 6.61 Å². The van der Waals surface area contributed by atoms with Crippen LogP contribution < -0.4 is 10.4 Å². The maximum absolute atomic E-state index is 11.9. The topological polar surface area (TPSA) is 86.0 Å². The van der Waals surface area contributed by atoms with Crippen LogP contribution in [0.15, 0.2) is 51.7 Å². The normalized spacial score (nSPS) is 10.7. The predicted molar refractivity (Wildman–Crippen MR) is 95.6 cm³/mol. The molecule has 1 aromatic heterocycles. The Balaban J connectivity index is 1.71. The van der Waals surface area contributed by atoms with Crippen molar-refractivity contribution in [1.29, 1.82) is 0 Å². The standard InChI is InChI=1S/C19H15ClO6/c1-11-15(21)7-6-13-12(8-17(22)26-19(11)13)9-25-18(23)10-24-16-5-3-2-4-14(16)20/h2-8,21H,9-10H2,1H3. The first-order valence-electron chi connectivity index (χ1n) is 7.74. The van der Waals surface area contributed by atoms with Crippen molar-refractivity contribution in [3.05, 3.63) is 69.0 Å². The number of hydrogen-bond acceptors (Lipinski definition) is 6. The summed E-state index contributed by atoms with van der Waals surface area (Å²) in [4.78, 5) is 23.6. The fourth-order valence-electron chi connectivity index (χ4n) is 2.43. The molecule has 0 radical (unpaired) electrons. The van der Waals surface area contributed by atoms with Crippen LogP contribution in [0.1, 0.15) is 11.1 Å². The monoisotopic (exact) mass is 374 g/mol. The summed E-state index contributed by atoms with van der Waals surface area (Å²) in [6.45, 7) is 1.19. The molecule has 7 heteroatoms. The lowest BCUT2D eigenvalue weighted by molar-refractivity contribution is -0.147. The number of halogens is 1. The molecule has 26 heavy (non-hydrogen) atoms. The van der Waals surface area contributed by atoms with Crippen LogP contribution >= 0.6 is 11.6 Å². The van der Waals surface area contributed by atoms with Gasteiger partial charge in [0.15, 0.2) is 6.61 Å². The second-order valence-corrected chi connectivity index (χ2v) is 5.96. The highest BCUT2D eigenvalue weighted by atomic mass is 35.5. The molecule has 0 atom stereocenters. The number of carbonyl (C=O) groups excluding carboxylic acids is 1. The van der Waals surface area contributed by atoms with Crippen LogP contribution in [-0.2, 0) is 16.1 Å². The molecule has 0 aliphatic carbocycles. The van der Waals surface area contributed by atoms with E-state index >= 15 is 0 Å². The first kappa shape index (κ1) is 17.8. The highest BCUT2D eigenvalue weighted by molar-refractivity contribution is 6.32. The van der Waals surface area contributed by atoms with E-state index in [2.05, 4.69) is 0 Å². The summed E-state index contributed by atoms with van der Waals surface area (Å²) in [5.74, 6) is -0.215. The van der Waals surface area contributed by atoms with E-state index in [0.29, 0.717) is 27.3 Å². The van der Waals surface area contributed by atoms with E-state index in [4.69, 9.17) is 25.5 Å². The number of esters is 1. The van der Waals surface area contributed by atoms with Gasteiger partial charge in [-0.15, -0.1) is 0 Å². The van der Waals surface area contributed by atoms with E-state index in [9.17, 15) is 14.7 Å². The van der Waals surface area contributed by atoms with Crippen LogP contribution in [0.3, 0.4) is 0 Å². The SMILES string of the molecule is Cc1c(O)ccc2c(COC(=O)COc3ccccc3Cl)cc(=O)oc12. The van der Waals surface area contributed by atoms with Gasteiger partial charge in [-0.25, -0.2) is 9.59 Å². The first-order valence-corrected chi connectivity index (χ1v) is 8.12. The number of phenolic OH excluding ortho intramolecular Hbond substituents is 1. The average Bonchev–Trinajstić information content (AvgIpc) is 2.62. The van der Waals surface area contributed by atoms with Crippen molar-refractivity contribution < 1.29 is 23.8 Å². The van der Waals surface area contributed by atoms with Crippen molar-refractivity contribution in [2.45, 2.75) is 13.5 Å². The first-order chi connectivity index (χ1) is 12.5. The van der Waals surface area contributed by atoms with Crippen molar-refractivity contribution in [3.8, 4) is 11.5 Å².